The molecule has 74 valence electrons. The molecule has 0 aromatic rings. The summed E-state index contributed by atoms with van der Waals surface area (Å²) >= 11 is 0. The van der Waals surface area contributed by atoms with Crippen LogP contribution in [0.3, 0.4) is 0 Å². The van der Waals surface area contributed by atoms with Gasteiger partial charge in [-0.05, 0) is 30.6 Å². The molecule has 2 rings (SSSR count). The molecule has 1 nitrogen and oxygen atoms in total. The van der Waals surface area contributed by atoms with Crippen LogP contribution in [0.5, 0.6) is 0 Å². The quantitative estimate of drug-likeness (QED) is 0.560. The first-order valence-electron chi connectivity index (χ1n) is 5.54. The lowest BCUT2D eigenvalue weighted by molar-refractivity contribution is -0.132. The van der Waals surface area contributed by atoms with Gasteiger partial charge in [-0.2, -0.15) is 0 Å². The van der Waals surface area contributed by atoms with Crippen LogP contribution < -0.4 is 0 Å². The molecule has 0 bridgehead atoms. The van der Waals surface area contributed by atoms with Crippen LogP contribution in [-0.2, 0) is 4.79 Å². The Kier molecular flexibility index (Phi) is 2.01. The molecule has 3 atom stereocenters. The molecule has 0 unspecified atom stereocenters. The fourth-order valence-electron chi connectivity index (χ4n) is 3.21. The first-order valence-corrected chi connectivity index (χ1v) is 5.54. The molecule has 0 heterocycles. The highest BCUT2D eigenvalue weighted by Gasteiger charge is 2.45. The van der Waals surface area contributed by atoms with Crippen molar-refractivity contribution in [2.24, 2.45) is 23.2 Å². The van der Waals surface area contributed by atoms with Crippen LogP contribution in [0.15, 0.2) is 0 Å². The summed E-state index contributed by atoms with van der Waals surface area (Å²) in [6.45, 7) is 6.60. The number of carbonyl (C=O) groups excluding carboxylic acids is 1. The van der Waals surface area contributed by atoms with Gasteiger partial charge in [0.05, 0.1) is 0 Å². The van der Waals surface area contributed by atoms with E-state index in [1.807, 2.05) is 0 Å². The maximum atomic E-state index is 11.8. The Bertz CT molecular complexity index is 229. The molecule has 0 aliphatic heterocycles. The van der Waals surface area contributed by atoms with Gasteiger partial charge in [0.15, 0.2) is 0 Å². The molecule has 2 saturated carbocycles. The summed E-state index contributed by atoms with van der Waals surface area (Å²) in [6, 6.07) is 0. The Morgan fingerprint density at radius 3 is 2.69 bits per heavy atom. The number of hydrogen-bond acceptors (Lipinski definition) is 1. The zero-order valence-electron chi connectivity index (χ0n) is 8.97. The maximum absolute atomic E-state index is 11.8. The van der Waals surface area contributed by atoms with E-state index < -0.39 is 0 Å². The lowest BCUT2D eigenvalue weighted by Gasteiger charge is -2.37. The van der Waals surface area contributed by atoms with Gasteiger partial charge in [0.25, 0.3) is 0 Å². The summed E-state index contributed by atoms with van der Waals surface area (Å²) < 4.78 is 0. The van der Waals surface area contributed by atoms with E-state index in [2.05, 4.69) is 20.8 Å². The first-order chi connectivity index (χ1) is 6.00. The van der Waals surface area contributed by atoms with E-state index in [-0.39, 0.29) is 5.41 Å². The summed E-state index contributed by atoms with van der Waals surface area (Å²) in [4.78, 5) is 11.8. The van der Waals surface area contributed by atoms with Crippen molar-refractivity contribution in [3.05, 3.63) is 0 Å². The van der Waals surface area contributed by atoms with Gasteiger partial charge in [0.1, 0.15) is 5.78 Å². The van der Waals surface area contributed by atoms with Crippen LogP contribution in [0.25, 0.3) is 0 Å². The first kappa shape index (κ1) is 9.23. The molecule has 2 fully saturated rings. The normalized spacial score (nSPS) is 43.3. The minimum atomic E-state index is -0.0280. The summed E-state index contributed by atoms with van der Waals surface area (Å²) in [5, 5.41) is 0. The molecule has 2 aliphatic rings. The second kappa shape index (κ2) is 2.83. The Morgan fingerprint density at radius 2 is 2.00 bits per heavy atom. The van der Waals surface area contributed by atoms with E-state index in [9.17, 15) is 4.79 Å². The number of rotatable bonds is 0. The third-order valence-corrected chi connectivity index (χ3v) is 4.28. The lowest BCUT2D eigenvalue weighted by Crippen LogP contribution is -2.37. The van der Waals surface area contributed by atoms with Crippen molar-refractivity contribution in [1.29, 1.82) is 0 Å². The minimum Gasteiger partial charge on any atom is -0.299 e. The molecule has 0 radical (unpaired) electrons. The Morgan fingerprint density at radius 1 is 1.31 bits per heavy atom. The summed E-state index contributed by atoms with van der Waals surface area (Å²) in [6.07, 6.45) is 4.64. The Balaban J connectivity index is 2.17. The molecule has 0 aromatic heterocycles. The van der Waals surface area contributed by atoms with Crippen LogP contribution in [0.1, 0.15) is 46.5 Å². The SMILES string of the molecule is C[C@H]1CC[C@H]2CC(=O)C(C)(C)C[C@@H]21. The molecule has 0 amide bonds. The van der Waals surface area contributed by atoms with E-state index >= 15 is 0 Å². The van der Waals surface area contributed by atoms with Crippen molar-refractivity contribution in [2.45, 2.75) is 46.5 Å². The average Bonchev–Trinajstić information content (AvgIpc) is 2.34. The fraction of sp³-hybridized carbons (Fsp3) is 0.917. The predicted octanol–water partition coefficient (Wildman–Crippen LogP) is 3.04. The molecule has 0 spiro atoms. The van der Waals surface area contributed by atoms with Gasteiger partial charge in [0.2, 0.25) is 0 Å². The van der Waals surface area contributed by atoms with Gasteiger partial charge in [-0.15, -0.1) is 0 Å². The van der Waals surface area contributed by atoms with Crippen LogP contribution >= 0.6 is 0 Å². The molecule has 2 aliphatic carbocycles. The monoisotopic (exact) mass is 180 g/mol. The average molecular weight is 180 g/mol. The van der Waals surface area contributed by atoms with Crippen LogP contribution in [-0.4, -0.2) is 5.78 Å². The Labute approximate surface area is 80.9 Å². The molecular weight excluding hydrogens is 160 g/mol. The minimum absolute atomic E-state index is 0.0280. The third kappa shape index (κ3) is 1.43. The largest absolute Gasteiger partial charge is 0.299 e. The maximum Gasteiger partial charge on any atom is 0.138 e. The number of hydrogen-bond donors (Lipinski definition) is 0. The number of Topliss-reactive ketones (excluding diaryl/α,β-unsaturated/α-hetero) is 1. The highest BCUT2D eigenvalue weighted by Crippen LogP contribution is 2.49. The van der Waals surface area contributed by atoms with Gasteiger partial charge in [-0.3, -0.25) is 4.79 Å². The standard InChI is InChI=1S/C12H20O/c1-8-4-5-9-6-11(13)12(2,3)7-10(8)9/h8-10H,4-7H2,1-3H3/t8-,9-,10+/m0/s1. The number of fused-ring (bicyclic) bond motifs is 1. The van der Waals surface area contributed by atoms with E-state index in [0.29, 0.717) is 5.78 Å². The molecular formula is C12H20O. The van der Waals surface area contributed by atoms with Crippen molar-refractivity contribution in [3.63, 3.8) is 0 Å². The van der Waals surface area contributed by atoms with Gasteiger partial charge in [-0.1, -0.05) is 27.2 Å². The van der Waals surface area contributed by atoms with Crippen LogP contribution in [0.4, 0.5) is 0 Å². The molecule has 13 heavy (non-hydrogen) atoms. The van der Waals surface area contributed by atoms with Gasteiger partial charge < -0.3 is 0 Å². The zero-order valence-corrected chi connectivity index (χ0v) is 8.97. The topological polar surface area (TPSA) is 17.1 Å². The molecule has 1 heteroatoms. The van der Waals surface area contributed by atoms with Crippen molar-refractivity contribution >= 4 is 5.78 Å². The predicted molar refractivity (Wildman–Crippen MR) is 53.4 cm³/mol. The molecule has 0 N–H and O–H groups in total. The molecule has 0 aromatic carbocycles. The molecule has 0 saturated heterocycles. The Hall–Kier alpha value is -0.330. The van der Waals surface area contributed by atoms with Gasteiger partial charge in [0, 0.05) is 11.8 Å². The van der Waals surface area contributed by atoms with E-state index in [4.69, 9.17) is 0 Å². The van der Waals surface area contributed by atoms with Crippen molar-refractivity contribution in [2.75, 3.05) is 0 Å². The summed E-state index contributed by atoms with van der Waals surface area (Å²) in [5.74, 6) is 2.93. The summed E-state index contributed by atoms with van der Waals surface area (Å²) in [5.41, 5.74) is -0.0280. The smallest absolute Gasteiger partial charge is 0.138 e. The van der Waals surface area contributed by atoms with Crippen molar-refractivity contribution in [3.8, 4) is 0 Å². The summed E-state index contributed by atoms with van der Waals surface area (Å²) in [7, 11) is 0. The van der Waals surface area contributed by atoms with E-state index in [1.54, 1.807) is 0 Å². The number of carbonyl (C=O) groups is 1. The van der Waals surface area contributed by atoms with Crippen LogP contribution in [0.2, 0.25) is 0 Å². The second-order valence-corrected chi connectivity index (χ2v) is 5.69. The van der Waals surface area contributed by atoms with E-state index in [1.165, 1.54) is 12.8 Å². The zero-order chi connectivity index (χ0) is 9.64. The van der Waals surface area contributed by atoms with E-state index in [0.717, 1.165) is 30.6 Å². The lowest BCUT2D eigenvalue weighted by atomic mass is 9.66. The third-order valence-electron chi connectivity index (χ3n) is 4.28. The highest BCUT2D eigenvalue weighted by atomic mass is 16.1. The van der Waals surface area contributed by atoms with Crippen LogP contribution in [0, 0.1) is 23.2 Å². The van der Waals surface area contributed by atoms with Crippen molar-refractivity contribution < 1.29 is 4.79 Å². The fourth-order valence-corrected chi connectivity index (χ4v) is 3.21. The highest BCUT2D eigenvalue weighted by molar-refractivity contribution is 5.85. The van der Waals surface area contributed by atoms with Gasteiger partial charge >= 0.3 is 0 Å². The number of ketones is 1. The van der Waals surface area contributed by atoms with Gasteiger partial charge in [-0.25, -0.2) is 0 Å². The second-order valence-electron chi connectivity index (χ2n) is 5.69. The van der Waals surface area contributed by atoms with Crippen molar-refractivity contribution in [1.82, 2.24) is 0 Å².